The second kappa shape index (κ2) is 5.82. The Hall–Kier alpha value is -1.93. The van der Waals surface area contributed by atoms with Gasteiger partial charge >= 0.3 is 0 Å². The van der Waals surface area contributed by atoms with Crippen LogP contribution in [0.1, 0.15) is 11.8 Å². The van der Waals surface area contributed by atoms with Gasteiger partial charge in [-0.05, 0) is 7.05 Å². The number of rotatable bonds is 4. The number of likely N-dealkylation sites (N-methyl/N-ethyl adjacent to an activating group) is 1. The Kier molecular flexibility index (Phi) is 3.89. The molecule has 21 heavy (non-hydrogen) atoms. The number of nitro groups is 1. The number of thioether (sulfide) groups is 1. The van der Waals surface area contributed by atoms with Crippen molar-refractivity contribution in [3.63, 3.8) is 0 Å². The molecule has 0 spiro atoms. The van der Waals surface area contributed by atoms with Crippen molar-refractivity contribution in [1.82, 2.24) is 15.5 Å². The van der Waals surface area contributed by atoms with Gasteiger partial charge in [0.05, 0.1) is 10.8 Å². The van der Waals surface area contributed by atoms with Crippen LogP contribution in [0.4, 0.5) is 5.69 Å². The average Bonchev–Trinajstić information content (AvgIpc) is 3.15. The number of benzene rings is 1. The number of hydrogen-bond acceptors (Lipinski definition) is 7. The minimum Gasteiger partial charge on any atom is -0.339 e. The molecule has 8 heteroatoms. The summed E-state index contributed by atoms with van der Waals surface area (Å²) in [6.07, 6.45) is 0. The summed E-state index contributed by atoms with van der Waals surface area (Å²) < 4.78 is 5.35. The first-order chi connectivity index (χ1) is 10.2. The summed E-state index contributed by atoms with van der Waals surface area (Å²) >= 11 is 1.84. The van der Waals surface area contributed by atoms with Crippen molar-refractivity contribution in [3.8, 4) is 11.4 Å². The van der Waals surface area contributed by atoms with Gasteiger partial charge in [-0.1, -0.05) is 17.3 Å². The van der Waals surface area contributed by atoms with Crippen LogP contribution < -0.4 is 5.32 Å². The van der Waals surface area contributed by atoms with Crippen LogP contribution in [0.25, 0.3) is 11.4 Å². The molecule has 0 amide bonds. The highest BCUT2D eigenvalue weighted by atomic mass is 32.2. The van der Waals surface area contributed by atoms with Gasteiger partial charge in [-0.25, -0.2) is 0 Å². The van der Waals surface area contributed by atoms with E-state index in [4.69, 9.17) is 4.52 Å². The van der Waals surface area contributed by atoms with E-state index in [-0.39, 0.29) is 11.6 Å². The van der Waals surface area contributed by atoms with Crippen molar-refractivity contribution < 1.29 is 9.45 Å². The van der Waals surface area contributed by atoms with Gasteiger partial charge in [0, 0.05) is 35.2 Å². The van der Waals surface area contributed by atoms with Crippen molar-refractivity contribution in [1.29, 1.82) is 0 Å². The third-order valence-corrected chi connectivity index (χ3v) is 4.72. The van der Waals surface area contributed by atoms with Crippen LogP contribution in [0.15, 0.2) is 28.8 Å². The first kappa shape index (κ1) is 14.0. The van der Waals surface area contributed by atoms with Crippen molar-refractivity contribution in [2.75, 3.05) is 18.6 Å². The molecule has 0 aliphatic carbocycles. The van der Waals surface area contributed by atoms with E-state index in [1.807, 2.05) is 18.8 Å². The van der Waals surface area contributed by atoms with Gasteiger partial charge in [0.25, 0.3) is 5.69 Å². The van der Waals surface area contributed by atoms with Crippen molar-refractivity contribution in [2.24, 2.45) is 0 Å². The van der Waals surface area contributed by atoms with Crippen molar-refractivity contribution in [2.45, 2.75) is 12.0 Å². The number of nitrogens with zero attached hydrogens (tertiary/aromatic N) is 3. The molecule has 1 saturated heterocycles. The van der Waals surface area contributed by atoms with Crippen LogP contribution in [-0.4, -0.2) is 39.7 Å². The van der Waals surface area contributed by atoms with Gasteiger partial charge in [0.2, 0.25) is 11.7 Å². The van der Waals surface area contributed by atoms with Gasteiger partial charge in [-0.15, -0.1) is 0 Å². The number of non-ortho nitro benzene ring substituents is 1. The van der Waals surface area contributed by atoms with E-state index in [9.17, 15) is 10.1 Å². The molecule has 2 aromatic rings. The highest BCUT2D eigenvalue weighted by Gasteiger charge is 2.32. The predicted molar refractivity (Wildman–Crippen MR) is 79.3 cm³/mol. The molecule has 110 valence electrons. The Morgan fingerprint density at radius 1 is 1.48 bits per heavy atom. The molecule has 2 heterocycles. The molecule has 1 aliphatic rings. The number of aromatic nitrogens is 2. The topological polar surface area (TPSA) is 94.1 Å². The van der Waals surface area contributed by atoms with Crippen LogP contribution in [0.5, 0.6) is 0 Å². The molecule has 2 atom stereocenters. The molecule has 0 saturated carbocycles. The maximum absolute atomic E-state index is 10.8. The van der Waals surface area contributed by atoms with Crippen molar-refractivity contribution in [3.05, 3.63) is 40.3 Å². The van der Waals surface area contributed by atoms with E-state index in [0.717, 1.165) is 11.5 Å². The van der Waals surface area contributed by atoms with Gasteiger partial charge in [-0.3, -0.25) is 10.1 Å². The van der Waals surface area contributed by atoms with E-state index in [0.29, 0.717) is 23.3 Å². The molecule has 3 rings (SSSR count). The molecule has 2 unspecified atom stereocenters. The second-order valence-electron chi connectivity index (χ2n) is 4.80. The Morgan fingerprint density at radius 3 is 3.10 bits per heavy atom. The standard InChI is InChI=1S/C13H14N4O3S/c1-14-11-7-21-6-10(11)13-15-12(16-20-13)8-3-2-4-9(5-8)17(18)19/h2-5,10-11,14H,6-7H2,1H3. The SMILES string of the molecule is CNC1CSCC1c1nc(-c2cccc([N+](=O)[O-])c2)no1. The fourth-order valence-corrected chi connectivity index (χ4v) is 3.76. The molecule has 0 radical (unpaired) electrons. The zero-order valence-corrected chi connectivity index (χ0v) is 12.2. The van der Waals surface area contributed by atoms with Gasteiger partial charge in [0.15, 0.2) is 0 Å². The molecule has 1 aromatic heterocycles. The van der Waals surface area contributed by atoms with Gasteiger partial charge in [0.1, 0.15) is 0 Å². The number of nitro benzene ring substituents is 1. The summed E-state index contributed by atoms with van der Waals surface area (Å²) in [7, 11) is 1.92. The summed E-state index contributed by atoms with van der Waals surface area (Å²) in [6.45, 7) is 0. The van der Waals surface area contributed by atoms with E-state index in [1.54, 1.807) is 12.1 Å². The Bertz CT molecular complexity index is 660. The van der Waals surface area contributed by atoms with Gasteiger partial charge in [-0.2, -0.15) is 16.7 Å². The van der Waals surface area contributed by atoms with Crippen LogP contribution in [-0.2, 0) is 0 Å². The van der Waals surface area contributed by atoms with Crippen LogP contribution >= 0.6 is 11.8 Å². The molecule has 1 N–H and O–H groups in total. The summed E-state index contributed by atoms with van der Waals surface area (Å²) in [5, 5.41) is 18.0. The quantitative estimate of drug-likeness (QED) is 0.682. The van der Waals surface area contributed by atoms with Crippen LogP contribution in [0.2, 0.25) is 0 Å². The van der Waals surface area contributed by atoms with Crippen LogP contribution in [0.3, 0.4) is 0 Å². The normalized spacial score (nSPS) is 21.6. The van der Waals surface area contributed by atoms with E-state index in [1.165, 1.54) is 12.1 Å². The summed E-state index contributed by atoms with van der Waals surface area (Å²) in [6, 6.07) is 6.56. The lowest BCUT2D eigenvalue weighted by Crippen LogP contribution is -2.31. The zero-order valence-electron chi connectivity index (χ0n) is 11.4. The lowest BCUT2D eigenvalue weighted by atomic mass is 10.0. The second-order valence-corrected chi connectivity index (χ2v) is 5.88. The number of nitrogens with one attached hydrogen (secondary N) is 1. The highest BCUT2D eigenvalue weighted by Crippen LogP contribution is 2.33. The molecule has 1 fully saturated rings. The number of hydrogen-bond donors (Lipinski definition) is 1. The Labute approximate surface area is 125 Å². The van der Waals surface area contributed by atoms with E-state index >= 15 is 0 Å². The van der Waals surface area contributed by atoms with E-state index in [2.05, 4.69) is 15.5 Å². The Balaban J connectivity index is 1.88. The third kappa shape index (κ3) is 2.77. The monoisotopic (exact) mass is 306 g/mol. The molecular weight excluding hydrogens is 292 g/mol. The molecule has 0 bridgehead atoms. The lowest BCUT2D eigenvalue weighted by Gasteiger charge is -2.13. The van der Waals surface area contributed by atoms with Gasteiger partial charge < -0.3 is 9.84 Å². The minimum absolute atomic E-state index is 0.0170. The fraction of sp³-hybridized carbons (Fsp3) is 0.385. The maximum Gasteiger partial charge on any atom is 0.270 e. The lowest BCUT2D eigenvalue weighted by molar-refractivity contribution is -0.384. The molecule has 1 aromatic carbocycles. The Morgan fingerprint density at radius 2 is 2.33 bits per heavy atom. The summed E-state index contributed by atoms with van der Waals surface area (Å²) in [4.78, 5) is 14.8. The highest BCUT2D eigenvalue weighted by molar-refractivity contribution is 7.99. The summed E-state index contributed by atoms with van der Waals surface area (Å²) in [5.41, 5.74) is 0.606. The average molecular weight is 306 g/mol. The first-order valence-electron chi connectivity index (χ1n) is 6.52. The van der Waals surface area contributed by atoms with E-state index < -0.39 is 4.92 Å². The first-order valence-corrected chi connectivity index (χ1v) is 7.68. The largest absolute Gasteiger partial charge is 0.339 e. The third-order valence-electron chi connectivity index (χ3n) is 3.53. The minimum atomic E-state index is -0.435. The molecular formula is C13H14N4O3S. The smallest absolute Gasteiger partial charge is 0.270 e. The molecule has 7 nitrogen and oxygen atoms in total. The molecule has 1 aliphatic heterocycles. The zero-order chi connectivity index (χ0) is 14.8. The summed E-state index contributed by atoms with van der Waals surface area (Å²) in [5.74, 6) is 3.10. The van der Waals surface area contributed by atoms with Crippen LogP contribution in [0, 0.1) is 10.1 Å². The fourth-order valence-electron chi connectivity index (χ4n) is 2.34. The predicted octanol–water partition coefficient (Wildman–Crippen LogP) is 2.06. The van der Waals surface area contributed by atoms with Crippen molar-refractivity contribution >= 4 is 17.4 Å². The maximum atomic E-state index is 10.8.